The van der Waals surface area contributed by atoms with Gasteiger partial charge in [-0.25, -0.2) is 0 Å². The SMILES string of the molecule is CCCC(=O)c1cccc(NC(=O)C2C(=O)N(c3ccccc3)N=C2C)c1. The molecule has 27 heavy (non-hydrogen) atoms. The zero-order valence-electron chi connectivity index (χ0n) is 15.3. The van der Waals surface area contributed by atoms with Crippen LogP contribution in [0.25, 0.3) is 0 Å². The number of hydrogen-bond donors (Lipinski definition) is 1. The summed E-state index contributed by atoms with van der Waals surface area (Å²) in [4.78, 5) is 37.4. The van der Waals surface area contributed by atoms with E-state index in [9.17, 15) is 14.4 Å². The number of carbonyl (C=O) groups is 3. The van der Waals surface area contributed by atoms with Crippen LogP contribution in [0.2, 0.25) is 0 Å². The van der Waals surface area contributed by atoms with E-state index in [1.54, 1.807) is 55.5 Å². The van der Waals surface area contributed by atoms with Crippen LogP contribution in [0.3, 0.4) is 0 Å². The summed E-state index contributed by atoms with van der Waals surface area (Å²) in [5, 5.41) is 8.22. The van der Waals surface area contributed by atoms with Crippen molar-refractivity contribution in [1.82, 2.24) is 0 Å². The molecule has 1 atom stereocenters. The molecule has 6 nitrogen and oxygen atoms in total. The van der Waals surface area contributed by atoms with Crippen LogP contribution in [0, 0.1) is 5.92 Å². The molecule has 0 radical (unpaired) electrons. The molecule has 0 saturated heterocycles. The molecule has 0 fully saturated rings. The molecule has 1 unspecified atom stereocenters. The van der Waals surface area contributed by atoms with Crippen LogP contribution < -0.4 is 10.3 Å². The van der Waals surface area contributed by atoms with E-state index >= 15 is 0 Å². The van der Waals surface area contributed by atoms with Crippen LogP contribution in [0.1, 0.15) is 37.0 Å². The number of ketones is 1. The Morgan fingerprint density at radius 1 is 1.11 bits per heavy atom. The molecule has 0 bridgehead atoms. The van der Waals surface area contributed by atoms with Gasteiger partial charge in [-0.3, -0.25) is 14.4 Å². The van der Waals surface area contributed by atoms with Crippen molar-refractivity contribution in [3.8, 4) is 0 Å². The summed E-state index contributed by atoms with van der Waals surface area (Å²) < 4.78 is 0. The quantitative estimate of drug-likeness (QED) is 0.628. The first-order valence-corrected chi connectivity index (χ1v) is 8.89. The number of carbonyl (C=O) groups excluding carboxylic acids is 3. The number of hydrogen-bond acceptors (Lipinski definition) is 4. The lowest BCUT2D eigenvalue weighted by Gasteiger charge is -2.14. The summed E-state index contributed by atoms with van der Waals surface area (Å²) in [6, 6.07) is 15.7. The van der Waals surface area contributed by atoms with Gasteiger partial charge >= 0.3 is 0 Å². The van der Waals surface area contributed by atoms with Crippen molar-refractivity contribution in [3.63, 3.8) is 0 Å². The minimum atomic E-state index is -0.986. The van der Waals surface area contributed by atoms with Gasteiger partial charge in [-0.2, -0.15) is 10.1 Å². The molecule has 138 valence electrons. The number of hydrazone groups is 1. The summed E-state index contributed by atoms with van der Waals surface area (Å²) in [5.41, 5.74) is 2.08. The van der Waals surface area contributed by atoms with Crippen molar-refractivity contribution in [1.29, 1.82) is 0 Å². The number of para-hydroxylation sites is 1. The highest BCUT2D eigenvalue weighted by molar-refractivity contribution is 6.28. The van der Waals surface area contributed by atoms with Crippen LogP contribution >= 0.6 is 0 Å². The third kappa shape index (κ3) is 3.95. The van der Waals surface area contributed by atoms with E-state index in [2.05, 4.69) is 10.4 Å². The van der Waals surface area contributed by atoms with Crippen molar-refractivity contribution in [3.05, 3.63) is 60.2 Å². The van der Waals surface area contributed by atoms with Crippen LogP contribution in [-0.4, -0.2) is 23.3 Å². The molecule has 1 aliphatic heterocycles. The molecule has 1 N–H and O–H groups in total. The van der Waals surface area contributed by atoms with Gasteiger partial charge in [0.2, 0.25) is 5.91 Å². The average molecular weight is 363 g/mol. The van der Waals surface area contributed by atoms with Crippen molar-refractivity contribution in [2.24, 2.45) is 11.0 Å². The second kappa shape index (κ2) is 7.95. The maximum Gasteiger partial charge on any atom is 0.265 e. The Labute approximate surface area is 157 Å². The average Bonchev–Trinajstić information content (AvgIpc) is 2.97. The highest BCUT2D eigenvalue weighted by Gasteiger charge is 2.39. The maximum absolute atomic E-state index is 12.7. The number of nitrogens with one attached hydrogen (secondary N) is 1. The first-order valence-electron chi connectivity index (χ1n) is 8.89. The summed E-state index contributed by atoms with van der Waals surface area (Å²) >= 11 is 0. The van der Waals surface area contributed by atoms with Gasteiger partial charge in [-0.15, -0.1) is 0 Å². The lowest BCUT2D eigenvalue weighted by Crippen LogP contribution is -2.36. The second-order valence-electron chi connectivity index (χ2n) is 6.40. The van der Waals surface area contributed by atoms with Gasteiger partial charge < -0.3 is 5.32 Å². The Morgan fingerprint density at radius 3 is 2.56 bits per heavy atom. The fourth-order valence-electron chi connectivity index (χ4n) is 2.98. The van der Waals surface area contributed by atoms with Gasteiger partial charge in [0, 0.05) is 17.7 Å². The molecular weight excluding hydrogens is 342 g/mol. The van der Waals surface area contributed by atoms with Crippen LogP contribution in [0.4, 0.5) is 11.4 Å². The van der Waals surface area contributed by atoms with Crippen LogP contribution in [0.15, 0.2) is 59.7 Å². The van der Waals surface area contributed by atoms with E-state index in [1.165, 1.54) is 5.01 Å². The molecule has 0 aromatic heterocycles. The second-order valence-corrected chi connectivity index (χ2v) is 6.40. The Bertz CT molecular complexity index is 906. The van der Waals surface area contributed by atoms with E-state index in [0.717, 1.165) is 6.42 Å². The third-order valence-corrected chi connectivity index (χ3v) is 4.32. The summed E-state index contributed by atoms with van der Waals surface area (Å²) in [7, 11) is 0. The number of Topliss-reactive ketones (excluding diaryl/α,β-unsaturated/α-hetero) is 1. The fraction of sp³-hybridized carbons (Fsp3) is 0.238. The maximum atomic E-state index is 12.7. The standard InChI is InChI=1S/C21H21N3O3/c1-3-8-18(25)15-9-7-10-16(13-15)22-20(26)19-14(2)23-24(21(19)27)17-11-5-4-6-12-17/h4-7,9-13,19H,3,8H2,1-2H3,(H,22,26). The largest absolute Gasteiger partial charge is 0.325 e. The van der Waals surface area contributed by atoms with E-state index in [4.69, 9.17) is 0 Å². The number of benzene rings is 2. The van der Waals surface area contributed by atoms with Crippen LogP contribution in [0.5, 0.6) is 0 Å². The number of anilines is 2. The highest BCUT2D eigenvalue weighted by atomic mass is 16.2. The van der Waals surface area contributed by atoms with Gasteiger partial charge in [0.05, 0.1) is 11.4 Å². The first-order chi connectivity index (χ1) is 13.0. The smallest absolute Gasteiger partial charge is 0.265 e. The summed E-state index contributed by atoms with van der Waals surface area (Å²) in [6.45, 7) is 3.60. The molecule has 0 saturated carbocycles. The number of nitrogens with zero attached hydrogens (tertiary/aromatic N) is 2. The van der Waals surface area contributed by atoms with Crippen molar-refractivity contribution < 1.29 is 14.4 Å². The summed E-state index contributed by atoms with van der Waals surface area (Å²) in [6.07, 6.45) is 1.22. The zero-order valence-corrected chi connectivity index (χ0v) is 15.3. The van der Waals surface area contributed by atoms with Crippen LogP contribution in [-0.2, 0) is 9.59 Å². The minimum absolute atomic E-state index is 0.0264. The molecule has 1 heterocycles. The molecule has 3 rings (SSSR count). The first kappa shape index (κ1) is 18.5. The van der Waals surface area contributed by atoms with Gasteiger partial charge in [0.15, 0.2) is 11.7 Å². The van der Waals surface area contributed by atoms with Crippen molar-refractivity contribution in [2.75, 3.05) is 10.3 Å². The van der Waals surface area contributed by atoms with Gasteiger partial charge in [0.1, 0.15) is 0 Å². The molecule has 2 aromatic rings. The Hall–Kier alpha value is -3.28. The van der Waals surface area contributed by atoms with Gasteiger partial charge in [-0.05, 0) is 37.6 Å². The molecule has 6 heteroatoms. The number of rotatable bonds is 6. The van der Waals surface area contributed by atoms with Gasteiger partial charge in [-0.1, -0.05) is 37.3 Å². The zero-order chi connectivity index (χ0) is 19.4. The molecule has 2 aromatic carbocycles. The molecular formula is C21H21N3O3. The normalized spacial score (nSPS) is 16.2. The third-order valence-electron chi connectivity index (χ3n) is 4.32. The number of amides is 2. The minimum Gasteiger partial charge on any atom is -0.325 e. The topological polar surface area (TPSA) is 78.8 Å². The van der Waals surface area contributed by atoms with E-state index in [-0.39, 0.29) is 5.78 Å². The Morgan fingerprint density at radius 2 is 1.85 bits per heavy atom. The molecule has 0 aliphatic carbocycles. The highest BCUT2D eigenvalue weighted by Crippen LogP contribution is 2.25. The van der Waals surface area contributed by atoms with Crippen molar-refractivity contribution in [2.45, 2.75) is 26.7 Å². The lowest BCUT2D eigenvalue weighted by molar-refractivity contribution is -0.127. The molecule has 1 aliphatic rings. The Balaban J connectivity index is 1.75. The monoisotopic (exact) mass is 363 g/mol. The Kier molecular flexibility index (Phi) is 5.45. The van der Waals surface area contributed by atoms with E-state index in [0.29, 0.717) is 29.1 Å². The molecule has 0 spiro atoms. The van der Waals surface area contributed by atoms with Gasteiger partial charge in [0.25, 0.3) is 5.91 Å². The fourth-order valence-corrected chi connectivity index (χ4v) is 2.98. The molecule has 2 amide bonds. The summed E-state index contributed by atoms with van der Waals surface area (Å²) in [5.74, 6) is -1.81. The van der Waals surface area contributed by atoms with E-state index < -0.39 is 17.7 Å². The predicted octanol–water partition coefficient (Wildman–Crippen LogP) is 3.65. The lowest BCUT2D eigenvalue weighted by atomic mass is 10.0. The predicted molar refractivity (Wildman–Crippen MR) is 105 cm³/mol. The van der Waals surface area contributed by atoms with E-state index in [1.807, 2.05) is 13.0 Å². The van der Waals surface area contributed by atoms with Crippen molar-refractivity contribution >= 4 is 34.7 Å².